The standard InChI is InChI=1S/C21H27F3N2O/c1-3-5-6-19-16(13-18(14-25-19)26-20(27)4-2)10-7-15-8-11-17(12-9-15)21(22,23)24/h4,7,10,13-15,17H,2-3,5-6,8-9,11-12H2,1H3,(H,26,27)/b10-7+/t15-,17-. The van der Waals surface area contributed by atoms with Crippen LogP contribution in [0.2, 0.25) is 0 Å². The second-order valence-corrected chi connectivity index (χ2v) is 7.07. The van der Waals surface area contributed by atoms with Gasteiger partial charge in [0.1, 0.15) is 0 Å². The van der Waals surface area contributed by atoms with E-state index in [0.29, 0.717) is 18.5 Å². The van der Waals surface area contributed by atoms with Gasteiger partial charge in [-0.2, -0.15) is 13.2 Å². The number of aromatic nitrogens is 1. The molecule has 1 aromatic heterocycles. The van der Waals surface area contributed by atoms with Crippen LogP contribution in [0.15, 0.2) is 31.0 Å². The summed E-state index contributed by atoms with van der Waals surface area (Å²) in [6.45, 7) is 5.54. The lowest BCUT2D eigenvalue weighted by Crippen LogP contribution is -2.27. The molecular weight excluding hydrogens is 353 g/mol. The number of rotatable bonds is 7. The summed E-state index contributed by atoms with van der Waals surface area (Å²) < 4.78 is 38.4. The van der Waals surface area contributed by atoms with Crippen LogP contribution < -0.4 is 5.32 Å². The van der Waals surface area contributed by atoms with Crippen LogP contribution in [0.1, 0.15) is 56.7 Å². The zero-order valence-corrected chi connectivity index (χ0v) is 15.7. The first-order valence-corrected chi connectivity index (χ1v) is 9.50. The first kappa shape index (κ1) is 21.2. The summed E-state index contributed by atoms with van der Waals surface area (Å²) in [5.41, 5.74) is 2.43. The molecule has 6 heteroatoms. The maximum atomic E-state index is 12.8. The number of nitrogens with zero attached hydrogens (tertiary/aromatic N) is 1. The van der Waals surface area contributed by atoms with Crippen molar-refractivity contribution >= 4 is 17.7 Å². The Morgan fingerprint density at radius 3 is 2.63 bits per heavy atom. The van der Waals surface area contributed by atoms with Gasteiger partial charge in [-0.1, -0.05) is 32.1 Å². The number of hydrogen-bond donors (Lipinski definition) is 1. The van der Waals surface area contributed by atoms with Gasteiger partial charge >= 0.3 is 6.18 Å². The number of anilines is 1. The van der Waals surface area contributed by atoms with Crippen LogP contribution >= 0.6 is 0 Å². The normalized spacial score (nSPS) is 20.6. The Morgan fingerprint density at radius 1 is 1.33 bits per heavy atom. The Bertz CT molecular complexity index is 674. The molecule has 0 unspecified atom stereocenters. The highest BCUT2D eigenvalue weighted by Crippen LogP contribution is 2.40. The third kappa shape index (κ3) is 6.52. The number of carbonyl (C=O) groups is 1. The van der Waals surface area contributed by atoms with Crippen LogP contribution in [-0.2, 0) is 11.2 Å². The van der Waals surface area contributed by atoms with Crippen molar-refractivity contribution in [1.82, 2.24) is 4.98 Å². The van der Waals surface area contributed by atoms with Gasteiger partial charge in [-0.05, 0) is 62.1 Å². The fraction of sp³-hybridized carbons (Fsp3) is 0.524. The Morgan fingerprint density at radius 2 is 2.04 bits per heavy atom. The van der Waals surface area contributed by atoms with Crippen LogP contribution in [0.4, 0.5) is 18.9 Å². The SMILES string of the molecule is C=CC(=O)Nc1cnc(CCCC)c(/C=C/[C@H]2CC[C@H](C(F)(F)F)CC2)c1. The summed E-state index contributed by atoms with van der Waals surface area (Å²) in [4.78, 5) is 16.0. The van der Waals surface area contributed by atoms with Gasteiger partial charge in [0.2, 0.25) is 5.91 Å². The van der Waals surface area contributed by atoms with Crippen molar-refractivity contribution in [1.29, 1.82) is 0 Å². The van der Waals surface area contributed by atoms with E-state index < -0.39 is 12.1 Å². The smallest absolute Gasteiger partial charge is 0.321 e. The van der Waals surface area contributed by atoms with E-state index in [9.17, 15) is 18.0 Å². The molecule has 1 aliphatic rings. The molecule has 0 aromatic carbocycles. The van der Waals surface area contributed by atoms with Crippen molar-refractivity contribution in [2.45, 2.75) is 58.0 Å². The summed E-state index contributed by atoms with van der Waals surface area (Å²) in [7, 11) is 0. The van der Waals surface area contributed by atoms with Crippen molar-refractivity contribution in [3.63, 3.8) is 0 Å². The van der Waals surface area contributed by atoms with Crippen LogP contribution in [0.5, 0.6) is 0 Å². The number of amides is 1. The molecule has 0 bridgehead atoms. The minimum atomic E-state index is -4.08. The van der Waals surface area contributed by atoms with Gasteiger partial charge in [-0.25, -0.2) is 0 Å². The lowest BCUT2D eigenvalue weighted by atomic mass is 9.81. The highest BCUT2D eigenvalue weighted by molar-refractivity contribution is 5.98. The average Bonchev–Trinajstić information content (AvgIpc) is 2.65. The number of nitrogens with one attached hydrogen (secondary N) is 1. The van der Waals surface area contributed by atoms with E-state index in [-0.39, 0.29) is 24.7 Å². The molecule has 0 aliphatic heterocycles. The molecule has 1 heterocycles. The number of hydrogen-bond acceptors (Lipinski definition) is 2. The van der Waals surface area contributed by atoms with Crippen molar-refractivity contribution in [2.75, 3.05) is 5.32 Å². The largest absolute Gasteiger partial charge is 0.391 e. The summed E-state index contributed by atoms with van der Waals surface area (Å²) in [5.74, 6) is -1.33. The van der Waals surface area contributed by atoms with Gasteiger partial charge in [0.25, 0.3) is 0 Å². The highest BCUT2D eigenvalue weighted by atomic mass is 19.4. The van der Waals surface area contributed by atoms with Gasteiger partial charge in [0.05, 0.1) is 17.8 Å². The molecule has 0 atom stereocenters. The van der Waals surface area contributed by atoms with Gasteiger partial charge in [-0.3, -0.25) is 9.78 Å². The van der Waals surface area contributed by atoms with Gasteiger partial charge in [-0.15, -0.1) is 0 Å². The zero-order chi connectivity index (χ0) is 19.9. The van der Waals surface area contributed by atoms with Crippen molar-refractivity contribution in [3.05, 3.63) is 42.3 Å². The molecule has 0 spiro atoms. The number of pyridine rings is 1. The first-order chi connectivity index (χ1) is 12.8. The molecule has 1 saturated carbocycles. The molecule has 27 heavy (non-hydrogen) atoms. The fourth-order valence-corrected chi connectivity index (χ4v) is 3.35. The second-order valence-electron chi connectivity index (χ2n) is 7.07. The quantitative estimate of drug-likeness (QED) is 0.596. The van der Waals surface area contributed by atoms with Crippen LogP contribution in [0, 0.1) is 11.8 Å². The maximum absolute atomic E-state index is 12.8. The van der Waals surface area contributed by atoms with Crippen LogP contribution in [0.25, 0.3) is 6.08 Å². The number of allylic oxidation sites excluding steroid dienone is 1. The lowest BCUT2D eigenvalue weighted by molar-refractivity contribution is -0.183. The van der Waals surface area contributed by atoms with Crippen molar-refractivity contribution < 1.29 is 18.0 Å². The molecule has 1 aromatic rings. The second kappa shape index (κ2) is 9.72. The molecule has 1 aliphatic carbocycles. The van der Waals surface area contributed by atoms with Crippen LogP contribution in [-0.4, -0.2) is 17.1 Å². The molecule has 1 amide bonds. The van der Waals surface area contributed by atoms with Gasteiger partial charge in [0.15, 0.2) is 0 Å². The Kier molecular flexibility index (Phi) is 7.63. The molecular formula is C21H27F3N2O. The number of carbonyl (C=O) groups excluding carboxylic acids is 1. The fourth-order valence-electron chi connectivity index (χ4n) is 3.35. The van der Waals surface area contributed by atoms with Crippen LogP contribution in [0.3, 0.4) is 0 Å². The molecule has 148 valence electrons. The van der Waals surface area contributed by atoms with E-state index in [1.54, 1.807) is 6.20 Å². The monoisotopic (exact) mass is 380 g/mol. The van der Waals surface area contributed by atoms with Gasteiger partial charge < -0.3 is 5.32 Å². The Labute approximate surface area is 158 Å². The number of halogens is 3. The third-order valence-corrected chi connectivity index (χ3v) is 5.01. The Hall–Kier alpha value is -2.11. The predicted molar refractivity (Wildman–Crippen MR) is 102 cm³/mol. The molecule has 0 saturated heterocycles. The molecule has 3 nitrogen and oxygen atoms in total. The third-order valence-electron chi connectivity index (χ3n) is 5.01. The maximum Gasteiger partial charge on any atom is 0.391 e. The lowest BCUT2D eigenvalue weighted by Gasteiger charge is -2.28. The molecule has 2 rings (SSSR count). The van der Waals surface area contributed by atoms with Crippen molar-refractivity contribution in [2.24, 2.45) is 11.8 Å². The van der Waals surface area contributed by atoms with E-state index >= 15 is 0 Å². The van der Waals surface area contributed by atoms with E-state index in [1.807, 2.05) is 18.2 Å². The van der Waals surface area contributed by atoms with E-state index in [0.717, 1.165) is 30.5 Å². The minimum absolute atomic E-state index is 0.147. The summed E-state index contributed by atoms with van der Waals surface area (Å²) in [5, 5.41) is 2.70. The number of alkyl halides is 3. The summed E-state index contributed by atoms with van der Waals surface area (Å²) in [6, 6.07) is 1.86. The molecule has 1 N–H and O–H groups in total. The van der Waals surface area contributed by atoms with Gasteiger partial charge in [0, 0.05) is 5.69 Å². The summed E-state index contributed by atoms with van der Waals surface area (Å²) >= 11 is 0. The predicted octanol–water partition coefficient (Wildman–Crippen LogP) is 5.93. The minimum Gasteiger partial charge on any atom is -0.321 e. The van der Waals surface area contributed by atoms with E-state index in [2.05, 4.69) is 23.8 Å². The topological polar surface area (TPSA) is 42.0 Å². The highest BCUT2D eigenvalue weighted by Gasteiger charge is 2.40. The first-order valence-electron chi connectivity index (χ1n) is 9.50. The molecule has 0 radical (unpaired) electrons. The molecule has 1 fully saturated rings. The van der Waals surface area contributed by atoms with E-state index in [1.165, 1.54) is 6.08 Å². The average molecular weight is 380 g/mol. The van der Waals surface area contributed by atoms with Crippen molar-refractivity contribution in [3.8, 4) is 0 Å². The van der Waals surface area contributed by atoms with E-state index in [4.69, 9.17) is 0 Å². The number of aryl methyl sites for hydroxylation is 1. The number of unbranched alkanes of at least 4 members (excludes halogenated alkanes) is 1. The zero-order valence-electron chi connectivity index (χ0n) is 15.7. The Balaban J connectivity index is 2.10. The summed E-state index contributed by atoms with van der Waals surface area (Å²) in [6.07, 6.45) is 7.02.